The van der Waals surface area contributed by atoms with E-state index in [4.69, 9.17) is 0 Å². The molecule has 1 N–H and O–H groups in total. The lowest BCUT2D eigenvalue weighted by atomic mass is 10.1. The van der Waals surface area contributed by atoms with Crippen LogP contribution in [0.25, 0.3) is 0 Å². The first kappa shape index (κ1) is 16.7. The third kappa shape index (κ3) is 5.33. The van der Waals surface area contributed by atoms with Gasteiger partial charge in [0.05, 0.1) is 6.54 Å². The van der Waals surface area contributed by atoms with Crippen molar-refractivity contribution in [2.45, 2.75) is 47.0 Å². The van der Waals surface area contributed by atoms with Gasteiger partial charge in [0, 0.05) is 5.69 Å². The lowest BCUT2D eigenvalue weighted by Gasteiger charge is -2.21. The number of unbranched alkanes of at least 4 members (excludes halogenated alkanes) is 1. The summed E-state index contributed by atoms with van der Waals surface area (Å²) in [4.78, 5) is 14.5. The van der Waals surface area contributed by atoms with Crippen molar-refractivity contribution < 1.29 is 4.79 Å². The molecule has 1 aromatic carbocycles. The first-order valence-corrected chi connectivity index (χ1v) is 7.66. The van der Waals surface area contributed by atoms with Crippen LogP contribution in [-0.4, -0.2) is 30.4 Å². The van der Waals surface area contributed by atoms with E-state index in [2.05, 4.69) is 24.1 Å². The SMILES string of the molecule is CCCCN(CCC)CC(=O)Nc1c(C)cccc1C. The Morgan fingerprint density at radius 2 is 1.75 bits per heavy atom. The highest BCUT2D eigenvalue weighted by molar-refractivity contribution is 5.93. The van der Waals surface area contributed by atoms with Crippen molar-refractivity contribution >= 4 is 11.6 Å². The first-order valence-electron chi connectivity index (χ1n) is 7.66. The van der Waals surface area contributed by atoms with Crippen molar-refractivity contribution in [1.29, 1.82) is 0 Å². The van der Waals surface area contributed by atoms with Crippen LogP contribution in [0.2, 0.25) is 0 Å². The predicted octanol–water partition coefficient (Wildman–Crippen LogP) is 3.75. The van der Waals surface area contributed by atoms with Gasteiger partial charge < -0.3 is 5.32 Å². The van der Waals surface area contributed by atoms with Crippen LogP contribution in [0.4, 0.5) is 5.69 Å². The van der Waals surface area contributed by atoms with Crippen molar-refractivity contribution in [2.75, 3.05) is 25.0 Å². The average molecular weight is 276 g/mol. The van der Waals surface area contributed by atoms with Gasteiger partial charge >= 0.3 is 0 Å². The minimum atomic E-state index is 0.0898. The van der Waals surface area contributed by atoms with Gasteiger partial charge in [0.1, 0.15) is 0 Å². The fraction of sp³-hybridized carbons (Fsp3) is 0.588. The van der Waals surface area contributed by atoms with Gasteiger partial charge in [-0.1, -0.05) is 38.5 Å². The molecule has 1 rings (SSSR count). The summed E-state index contributed by atoms with van der Waals surface area (Å²) in [5.74, 6) is 0.0898. The van der Waals surface area contributed by atoms with Gasteiger partial charge in [0.2, 0.25) is 5.91 Å². The summed E-state index contributed by atoms with van der Waals surface area (Å²) in [7, 11) is 0. The van der Waals surface area contributed by atoms with E-state index in [-0.39, 0.29) is 5.91 Å². The second-order valence-electron chi connectivity index (χ2n) is 5.44. The summed E-state index contributed by atoms with van der Waals surface area (Å²) in [5.41, 5.74) is 3.20. The van der Waals surface area contributed by atoms with Crippen molar-refractivity contribution in [3.05, 3.63) is 29.3 Å². The third-order valence-electron chi connectivity index (χ3n) is 3.48. The fourth-order valence-corrected chi connectivity index (χ4v) is 2.36. The number of aryl methyl sites for hydroxylation is 2. The highest BCUT2D eigenvalue weighted by atomic mass is 16.2. The molecule has 3 heteroatoms. The summed E-state index contributed by atoms with van der Waals surface area (Å²) < 4.78 is 0. The van der Waals surface area contributed by atoms with Crippen LogP contribution in [0.1, 0.15) is 44.2 Å². The van der Waals surface area contributed by atoms with E-state index in [0.29, 0.717) is 6.54 Å². The van der Waals surface area contributed by atoms with E-state index in [1.54, 1.807) is 0 Å². The normalized spacial score (nSPS) is 10.8. The van der Waals surface area contributed by atoms with Gasteiger partial charge in [-0.2, -0.15) is 0 Å². The summed E-state index contributed by atoms with van der Waals surface area (Å²) in [6.45, 7) is 10.9. The van der Waals surface area contributed by atoms with E-state index < -0.39 is 0 Å². The number of nitrogens with one attached hydrogen (secondary N) is 1. The zero-order chi connectivity index (χ0) is 15.0. The number of hydrogen-bond donors (Lipinski definition) is 1. The second kappa shape index (κ2) is 8.75. The standard InChI is InChI=1S/C17H28N2O/c1-5-7-12-19(11-6-2)13-16(20)18-17-14(3)9-8-10-15(17)4/h8-10H,5-7,11-13H2,1-4H3,(H,18,20). The van der Waals surface area contributed by atoms with Gasteiger partial charge in [0.25, 0.3) is 0 Å². The molecule has 0 fully saturated rings. The Morgan fingerprint density at radius 3 is 2.30 bits per heavy atom. The molecule has 112 valence electrons. The maximum absolute atomic E-state index is 12.2. The molecule has 0 saturated carbocycles. The van der Waals surface area contributed by atoms with Crippen LogP contribution in [-0.2, 0) is 4.79 Å². The molecule has 0 saturated heterocycles. The van der Waals surface area contributed by atoms with E-state index in [1.165, 1.54) is 6.42 Å². The fourth-order valence-electron chi connectivity index (χ4n) is 2.36. The number of nitrogens with zero attached hydrogens (tertiary/aromatic N) is 1. The monoisotopic (exact) mass is 276 g/mol. The molecule has 0 unspecified atom stereocenters. The molecule has 0 aliphatic carbocycles. The largest absolute Gasteiger partial charge is 0.324 e. The molecule has 1 aromatic rings. The Kier molecular flexibility index (Phi) is 7.31. The Balaban J connectivity index is 2.61. The number of hydrogen-bond acceptors (Lipinski definition) is 2. The molecule has 0 aliphatic heterocycles. The number of carbonyl (C=O) groups is 1. The summed E-state index contributed by atoms with van der Waals surface area (Å²) in [6, 6.07) is 6.08. The Hall–Kier alpha value is -1.35. The topological polar surface area (TPSA) is 32.3 Å². The van der Waals surface area contributed by atoms with Crippen LogP contribution < -0.4 is 5.32 Å². The van der Waals surface area contributed by atoms with E-state index in [1.807, 2.05) is 32.0 Å². The zero-order valence-corrected chi connectivity index (χ0v) is 13.3. The predicted molar refractivity (Wildman–Crippen MR) is 86.2 cm³/mol. The highest BCUT2D eigenvalue weighted by Crippen LogP contribution is 2.19. The second-order valence-corrected chi connectivity index (χ2v) is 5.44. The molecule has 3 nitrogen and oxygen atoms in total. The third-order valence-corrected chi connectivity index (χ3v) is 3.48. The smallest absolute Gasteiger partial charge is 0.238 e. The molecule has 0 radical (unpaired) electrons. The lowest BCUT2D eigenvalue weighted by Crippen LogP contribution is -2.34. The van der Waals surface area contributed by atoms with Crippen LogP contribution >= 0.6 is 0 Å². The van der Waals surface area contributed by atoms with Crippen LogP contribution in [0.15, 0.2) is 18.2 Å². The minimum Gasteiger partial charge on any atom is -0.324 e. The zero-order valence-electron chi connectivity index (χ0n) is 13.3. The van der Waals surface area contributed by atoms with Crippen molar-refractivity contribution in [2.24, 2.45) is 0 Å². The molecule has 0 aliphatic rings. The molecule has 0 aromatic heterocycles. The minimum absolute atomic E-state index is 0.0898. The summed E-state index contributed by atoms with van der Waals surface area (Å²) >= 11 is 0. The quantitative estimate of drug-likeness (QED) is 0.784. The number of anilines is 1. The van der Waals surface area contributed by atoms with Gasteiger partial charge in [-0.3, -0.25) is 9.69 Å². The first-order chi connectivity index (χ1) is 9.58. The van der Waals surface area contributed by atoms with Gasteiger partial charge in [-0.05, 0) is 50.9 Å². The van der Waals surface area contributed by atoms with Gasteiger partial charge in [0.15, 0.2) is 0 Å². The average Bonchev–Trinajstić information content (AvgIpc) is 2.40. The molecule has 0 spiro atoms. The number of para-hydroxylation sites is 1. The number of carbonyl (C=O) groups excluding carboxylic acids is 1. The van der Waals surface area contributed by atoms with Gasteiger partial charge in [-0.15, -0.1) is 0 Å². The molecule has 0 bridgehead atoms. The maximum atomic E-state index is 12.2. The van der Waals surface area contributed by atoms with Crippen molar-refractivity contribution in [3.8, 4) is 0 Å². The Bertz CT molecular complexity index is 409. The molecule has 0 atom stereocenters. The highest BCUT2D eigenvalue weighted by Gasteiger charge is 2.11. The molecule has 20 heavy (non-hydrogen) atoms. The van der Waals surface area contributed by atoms with E-state index in [9.17, 15) is 4.79 Å². The van der Waals surface area contributed by atoms with Crippen molar-refractivity contribution in [3.63, 3.8) is 0 Å². The summed E-state index contributed by atoms with van der Waals surface area (Å²) in [5, 5.41) is 3.06. The number of rotatable bonds is 8. The van der Waals surface area contributed by atoms with Crippen LogP contribution in [0.5, 0.6) is 0 Å². The van der Waals surface area contributed by atoms with Crippen molar-refractivity contribution in [1.82, 2.24) is 4.90 Å². The Morgan fingerprint density at radius 1 is 1.10 bits per heavy atom. The van der Waals surface area contributed by atoms with E-state index in [0.717, 1.165) is 42.7 Å². The maximum Gasteiger partial charge on any atom is 0.238 e. The Labute approximate surface area is 123 Å². The lowest BCUT2D eigenvalue weighted by molar-refractivity contribution is -0.117. The number of benzene rings is 1. The molecular weight excluding hydrogens is 248 g/mol. The van der Waals surface area contributed by atoms with Gasteiger partial charge in [-0.25, -0.2) is 0 Å². The molecular formula is C17H28N2O. The molecule has 1 amide bonds. The summed E-state index contributed by atoms with van der Waals surface area (Å²) in [6.07, 6.45) is 3.40. The van der Waals surface area contributed by atoms with Crippen LogP contribution in [0, 0.1) is 13.8 Å². The van der Waals surface area contributed by atoms with Crippen LogP contribution in [0.3, 0.4) is 0 Å². The number of amides is 1. The van der Waals surface area contributed by atoms with E-state index >= 15 is 0 Å². The molecule has 0 heterocycles.